The van der Waals surface area contributed by atoms with E-state index in [1.807, 2.05) is 6.26 Å². The van der Waals surface area contributed by atoms with E-state index >= 15 is 0 Å². The van der Waals surface area contributed by atoms with Crippen LogP contribution in [0.1, 0.15) is 23.8 Å². The summed E-state index contributed by atoms with van der Waals surface area (Å²) in [6.07, 6.45) is 2.81. The molecule has 0 saturated heterocycles. The number of nitrogens with one attached hydrogen (secondary N) is 1. The molecule has 0 bridgehead atoms. The minimum absolute atomic E-state index is 0.116. The van der Waals surface area contributed by atoms with Crippen LogP contribution < -0.4 is 4.72 Å². The molecule has 0 aromatic carbocycles. The van der Waals surface area contributed by atoms with E-state index in [1.165, 1.54) is 0 Å². The summed E-state index contributed by atoms with van der Waals surface area (Å²) in [5.41, 5.74) is 0.820. The maximum absolute atomic E-state index is 12.0. The minimum atomic E-state index is -3.43. The van der Waals surface area contributed by atoms with E-state index in [9.17, 15) is 8.42 Å². The first-order valence-corrected chi connectivity index (χ1v) is 9.22. The van der Waals surface area contributed by atoms with Crippen LogP contribution in [0.15, 0.2) is 10.3 Å². The van der Waals surface area contributed by atoms with Crippen LogP contribution in [0.3, 0.4) is 0 Å². The predicted octanol–water partition coefficient (Wildman–Crippen LogP) is 1.97. The zero-order chi connectivity index (χ0) is 13.8. The van der Waals surface area contributed by atoms with Crippen LogP contribution in [-0.4, -0.2) is 31.6 Å². The molecule has 1 heterocycles. The molecule has 0 radical (unpaired) electrons. The molecular weight excluding hydrogens is 290 g/mol. The number of thiophene rings is 1. The summed E-state index contributed by atoms with van der Waals surface area (Å²) in [5.74, 6) is 0. The van der Waals surface area contributed by atoms with Gasteiger partial charge in [-0.25, -0.2) is 13.1 Å². The number of aliphatic hydroxyl groups is 1. The van der Waals surface area contributed by atoms with Gasteiger partial charge in [-0.2, -0.15) is 11.8 Å². The highest BCUT2D eigenvalue weighted by Crippen LogP contribution is 2.25. The van der Waals surface area contributed by atoms with E-state index in [1.54, 1.807) is 24.8 Å². The first kappa shape index (κ1) is 16.0. The molecule has 0 spiro atoms. The molecule has 0 aliphatic rings. The fourth-order valence-corrected chi connectivity index (χ4v) is 4.26. The number of aryl methyl sites for hydroxylation is 1. The summed E-state index contributed by atoms with van der Waals surface area (Å²) in [6.45, 7) is 4.19. The van der Waals surface area contributed by atoms with Gasteiger partial charge >= 0.3 is 0 Å². The third kappa shape index (κ3) is 4.24. The molecule has 0 aliphatic carbocycles. The highest BCUT2D eigenvalue weighted by molar-refractivity contribution is 7.99. The van der Waals surface area contributed by atoms with Crippen LogP contribution in [0.25, 0.3) is 0 Å². The van der Waals surface area contributed by atoms with E-state index in [-0.39, 0.29) is 10.8 Å². The molecule has 1 rings (SSSR count). The number of hydrogen-bond acceptors (Lipinski definition) is 5. The highest BCUT2D eigenvalue weighted by atomic mass is 32.2. The van der Waals surface area contributed by atoms with Crippen molar-refractivity contribution >= 4 is 33.1 Å². The van der Waals surface area contributed by atoms with Crippen LogP contribution in [0.2, 0.25) is 0 Å². The molecule has 2 N–H and O–H groups in total. The fraction of sp³-hybridized carbons (Fsp3) is 0.636. The first-order chi connectivity index (χ1) is 8.40. The summed E-state index contributed by atoms with van der Waals surface area (Å²) >= 11 is 2.84. The van der Waals surface area contributed by atoms with Crippen LogP contribution in [-0.2, 0) is 16.6 Å². The average molecular weight is 309 g/mol. The monoisotopic (exact) mass is 309 g/mol. The molecule has 1 aromatic heterocycles. The topological polar surface area (TPSA) is 66.4 Å². The second-order valence-electron chi connectivity index (χ2n) is 4.06. The van der Waals surface area contributed by atoms with E-state index in [2.05, 4.69) is 11.6 Å². The lowest BCUT2D eigenvalue weighted by Gasteiger charge is -2.08. The Bertz CT molecular complexity index is 482. The molecule has 0 aliphatic heterocycles. The average Bonchev–Trinajstić information content (AvgIpc) is 2.70. The van der Waals surface area contributed by atoms with E-state index in [4.69, 9.17) is 5.11 Å². The Morgan fingerprint density at radius 1 is 1.56 bits per heavy atom. The van der Waals surface area contributed by atoms with E-state index < -0.39 is 10.0 Å². The zero-order valence-electron chi connectivity index (χ0n) is 10.8. The van der Waals surface area contributed by atoms with Crippen LogP contribution in [0.4, 0.5) is 0 Å². The molecule has 4 nitrogen and oxygen atoms in total. The predicted molar refractivity (Wildman–Crippen MR) is 77.8 cm³/mol. The van der Waals surface area contributed by atoms with Crippen LogP contribution in [0.5, 0.6) is 0 Å². The quantitative estimate of drug-likeness (QED) is 0.808. The van der Waals surface area contributed by atoms with Crippen LogP contribution >= 0.6 is 23.1 Å². The molecule has 1 atom stereocenters. The lowest BCUT2D eigenvalue weighted by molar-refractivity contribution is 0.285. The third-order valence-corrected chi connectivity index (χ3v) is 6.85. The van der Waals surface area contributed by atoms with Crippen LogP contribution in [0, 0.1) is 6.92 Å². The molecule has 18 heavy (non-hydrogen) atoms. The van der Waals surface area contributed by atoms with Gasteiger partial charge in [-0.3, -0.25) is 0 Å². The summed E-state index contributed by atoms with van der Waals surface area (Å²) < 4.78 is 26.9. The SMILES string of the molecule is CSC(C)CCNS(=O)(=O)c1cc(C)c(CO)s1. The van der Waals surface area contributed by atoms with Gasteiger partial charge in [0.15, 0.2) is 0 Å². The van der Waals surface area contributed by atoms with Crippen molar-refractivity contribution in [3.63, 3.8) is 0 Å². The Hall–Kier alpha value is -0.0800. The zero-order valence-corrected chi connectivity index (χ0v) is 13.2. The Morgan fingerprint density at radius 3 is 2.72 bits per heavy atom. The minimum Gasteiger partial charge on any atom is -0.391 e. The van der Waals surface area contributed by atoms with Crippen molar-refractivity contribution in [3.05, 3.63) is 16.5 Å². The molecule has 1 aromatic rings. The van der Waals surface area contributed by atoms with Crippen molar-refractivity contribution in [2.75, 3.05) is 12.8 Å². The molecular formula is C11H19NO3S3. The normalized spacial score (nSPS) is 13.8. The molecule has 0 saturated carbocycles. The molecule has 0 fully saturated rings. The lowest BCUT2D eigenvalue weighted by atomic mass is 10.3. The summed E-state index contributed by atoms with van der Waals surface area (Å²) in [5, 5.41) is 9.51. The number of hydrogen-bond donors (Lipinski definition) is 2. The Balaban J connectivity index is 2.68. The van der Waals surface area contributed by atoms with Gasteiger partial charge in [-0.05, 0) is 31.2 Å². The second-order valence-corrected chi connectivity index (χ2v) is 8.47. The van der Waals surface area contributed by atoms with Gasteiger partial charge in [-0.15, -0.1) is 11.3 Å². The first-order valence-electron chi connectivity index (χ1n) is 5.63. The maximum Gasteiger partial charge on any atom is 0.250 e. The Kier molecular flexibility index (Phi) is 6.13. The number of sulfonamides is 1. The summed E-state index contributed by atoms with van der Waals surface area (Å²) in [7, 11) is -3.43. The van der Waals surface area contributed by atoms with Gasteiger partial charge in [0, 0.05) is 16.7 Å². The van der Waals surface area contributed by atoms with Gasteiger partial charge in [0.05, 0.1) is 6.61 Å². The van der Waals surface area contributed by atoms with Crippen molar-refractivity contribution < 1.29 is 13.5 Å². The summed E-state index contributed by atoms with van der Waals surface area (Å²) in [4.78, 5) is 0.702. The standard InChI is InChI=1S/C11H19NO3S3/c1-8-6-11(17-10(8)7-13)18(14,15)12-5-4-9(2)16-3/h6,9,12-13H,4-5,7H2,1-3H3. The number of rotatable bonds is 7. The van der Waals surface area contributed by atoms with Gasteiger partial charge in [0.2, 0.25) is 10.0 Å². The number of thioether (sulfide) groups is 1. The van der Waals surface area contributed by atoms with Crippen molar-refractivity contribution in [2.45, 2.75) is 36.3 Å². The van der Waals surface area contributed by atoms with Crippen molar-refractivity contribution in [3.8, 4) is 0 Å². The fourth-order valence-electron chi connectivity index (χ4n) is 1.36. The van der Waals surface area contributed by atoms with Gasteiger partial charge in [0.1, 0.15) is 4.21 Å². The molecule has 104 valence electrons. The highest BCUT2D eigenvalue weighted by Gasteiger charge is 2.18. The maximum atomic E-state index is 12.0. The molecule has 1 unspecified atom stereocenters. The number of aliphatic hydroxyl groups excluding tert-OH is 1. The summed E-state index contributed by atoms with van der Waals surface area (Å²) in [6, 6.07) is 1.61. The Labute approximate surface area is 117 Å². The van der Waals surface area contributed by atoms with Gasteiger partial charge in [-0.1, -0.05) is 6.92 Å². The van der Waals surface area contributed by atoms with Crippen molar-refractivity contribution in [2.24, 2.45) is 0 Å². The largest absolute Gasteiger partial charge is 0.391 e. The van der Waals surface area contributed by atoms with Crippen molar-refractivity contribution in [1.82, 2.24) is 4.72 Å². The molecule has 0 amide bonds. The van der Waals surface area contributed by atoms with Gasteiger partial charge < -0.3 is 5.11 Å². The molecule has 7 heteroatoms. The third-order valence-electron chi connectivity index (χ3n) is 2.65. The van der Waals surface area contributed by atoms with E-state index in [0.29, 0.717) is 16.7 Å². The smallest absolute Gasteiger partial charge is 0.250 e. The Morgan fingerprint density at radius 2 is 2.22 bits per heavy atom. The van der Waals surface area contributed by atoms with Gasteiger partial charge in [0.25, 0.3) is 0 Å². The second kappa shape index (κ2) is 6.91. The van der Waals surface area contributed by atoms with E-state index in [0.717, 1.165) is 23.3 Å². The lowest BCUT2D eigenvalue weighted by Crippen LogP contribution is -2.25. The van der Waals surface area contributed by atoms with Crippen molar-refractivity contribution in [1.29, 1.82) is 0 Å².